The highest BCUT2D eigenvalue weighted by atomic mass is 35.7. The molecule has 2 rings (SSSR count). The molecule has 1 fully saturated rings. The van der Waals surface area contributed by atoms with E-state index in [0.29, 0.717) is 17.7 Å². The molecule has 0 spiro atoms. The zero-order valence-corrected chi connectivity index (χ0v) is 13.9. The van der Waals surface area contributed by atoms with Crippen molar-refractivity contribution in [2.75, 3.05) is 6.54 Å². The molecule has 0 heterocycles. The predicted molar refractivity (Wildman–Crippen MR) is 83.2 cm³/mol. The fraction of sp³-hybridized carbons (Fsp3) is 0.533. The van der Waals surface area contributed by atoms with Gasteiger partial charge in [0.15, 0.2) is 0 Å². The third-order valence-corrected chi connectivity index (χ3v) is 5.28. The number of nitrogens with zero attached hydrogens (tertiary/aromatic N) is 1. The van der Waals surface area contributed by atoms with Gasteiger partial charge in [0.05, 0.1) is 4.90 Å². The molecule has 0 radical (unpaired) electrons. The summed E-state index contributed by atoms with van der Waals surface area (Å²) in [4.78, 5) is 14.5. The molecule has 0 aromatic heterocycles. The number of carbonyl (C=O) groups is 1. The molecule has 4 nitrogen and oxygen atoms in total. The molecule has 21 heavy (non-hydrogen) atoms. The zero-order valence-electron chi connectivity index (χ0n) is 12.3. The van der Waals surface area contributed by atoms with E-state index in [0.717, 1.165) is 25.7 Å². The Hall–Kier alpha value is -1.07. The smallest absolute Gasteiger partial charge is 0.261 e. The number of rotatable bonds is 4. The average Bonchev–Trinajstić information content (AvgIpc) is 2.91. The number of hydrogen-bond acceptors (Lipinski definition) is 3. The Morgan fingerprint density at radius 3 is 2.43 bits per heavy atom. The van der Waals surface area contributed by atoms with E-state index in [4.69, 9.17) is 10.7 Å². The van der Waals surface area contributed by atoms with Crippen LogP contribution in [0.5, 0.6) is 0 Å². The maximum Gasteiger partial charge on any atom is 0.261 e. The first-order valence-corrected chi connectivity index (χ1v) is 9.51. The second kappa shape index (κ2) is 6.36. The molecule has 116 valence electrons. The Morgan fingerprint density at radius 2 is 1.90 bits per heavy atom. The number of carbonyl (C=O) groups excluding carboxylic acids is 1. The summed E-state index contributed by atoms with van der Waals surface area (Å²) in [5.74, 6) is -0.116. The van der Waals surface area contributed by atoms with E-state index in [1.165, 1.54) is 12.1 Å². The highest BCUT2D eigenvalue weighted by molar-refractivity contribution is 8.13. The molecule has 1 aliphatic carbocycles. The van der Waals surface area contributed by atoms with Gasteiger partial charge in [-0.1, -0.05) is 12.8 Å². The molecule has 1 aliphatic rings. The Kier molecular flexibility index (Phi) is 4.94. The van der Waals surface area contributed by atoms with E-state index in [9.17, 15) is 13.2 Å². The molecule has 0 bridgehead atoms. The normalized spacial score (nSPS) is 16.1. The van der Waals surface area contributed by atoms with Crippen molar-refractivity contribution < 1.29 is 13.2 Å². The standard InChI is InChI=1S/C15H20ClNO3S/c1-3-17(13-6-4-5-7-13)15(18)12-8-11(2)9-14(10-12)21(16,19)20/h8-10,13H,3-7H2,1-2H3. The first-order valence-electron chi connectivity index (χ1n) is 7.20. The average molecular weight is 330 g/mol. The molecule has 1 saturated carbocycles. The second-order valence-corrected chi connectivity index (χ2v) is 8.07. The van der Waals surface area contributed by atoms with Crippen LogP contribution in [-0.4, -0.2) is 31.8 Å². The van der Waals surface area contributed by atoms with Crippen LogP contribution in [0.3, 0.4) is 0 Å². The van der Waals surface area contributed by atoms with Crippen molar-refractivity contribution in [2.24, 2.45) is 0 Å². The summed E-state index contributed by atoms with van der Waals surface area (Å²) in [7, 11) is 1.56. The van der Waals surface area contributed by atoms with Gasteiger partial charge in [0, 0.05) is 28.8 Å². The van der Waals surface area contributed by atoms with Crippen molar-refractivity contribution in [2.45, 2.75) is 50.5 Å². The Morgan fingerprint density at radius 1 is 1.29 bits per heavy atom. The predicted octanol–water partition coefficient (Wildman–Crippen LogP) is 3.33. The Labute approximate surface area is 130 Å². The van der Waals surface area contributed by atoms with Crippen molar-refractivity contribution in [3.8, 4) is 0 Å². The topological polar surface area (TPSA) is 54.5 Å². The molecule has 1 aromatic rings. The second-order valence-electron chi connectivity index (χ2n) is 5.50. The number of benzene rings is 1. The fourth-order valence-electron chi connectivity index (χ4n) is 2.96. The van der Waals surface area contributed by atoms with E-state index in [1.807, 2.05) is 11.8 Å². The van der Waals surface area contributed by atoms with Crippen LogP contribution in [0.15, 0.2) is 23.1 Å². The van der Waals surface area contributed by atoms with Crippen LogP contribution in [0.25, 0.3) is 0 Å². The minimum atomic E-state index is -3.83. The summed E-state index contributed by atoms with van der Waals surface area (Å²) >= 11 is 0. The molecular weight excluding hydrogens is 310 g/mol. The number of hydrogen-bond donors (Lipinski definition) is 0. The molecule has 6 heteroatoms. The van der Waals surface area contributed by atoms with E-state index >= 15 is 0 Å². The highest BCUT2D eigenvalue weighted by Gasteiger charge is 2.27. The minimum Gasteiger partial charge on any atom is -0.336 e. The van der Waals surface area contributed by atoms with Gasteiger partial charge in [0.25, 0.3) is 15.0 Å². The third kappa shape index (κ3) is 3.77. The molecule has 1 amide bonds. The lowest BCUT2D eigenvalue weighted by molar-refractivity contribution is 0.0693. The van der Waals surface area contributed by atoms with Gasteiger partial charge in [-0.2, -0.15) is 0 Å². The minimum absolute atomic E-state index is 0.0185. The number of amides is 1. The maximum absolute atomic E-state index is 12.7. The van der Waals surface area contributed by atoms with Crippen molar-refractivity contribution >= 4 is 25.6 Å². The fourth-order valence-corrected chi connectivity index (χ4v) is 3.82. The van der Waals surface area contributed by atoms with Gasteiger partial charge in [-0.3, -0.25) is 4.79 Å². The van der Waals surface area contributed by atoms with Gasteiger partial charge in [-0.05, 0) is 50.5 Å². The first kappa shape index (κ1) is 16.3. The summed E-state index contributed by atoms with van der Waals surface area (Å²) in [5.41, 5.74) is 1.10. The van der Waals surface area contributed by atoms with E-state index in [1.54, 1.807) is 13.0 Å². The molecular formula is C15H20ClNO3S. The van der Waals surface area contributed by atoms with Crippen LogP contribution in [0.1, 0.15) is 48.5 Å². The lowest BCUT2D eigenvalue weighted by Gasteiger charge is -2.28. The van der Waals surface area contributed by atoms with Gasteiger partial charge < -0.3 is 4.90 Å². The molecule has 0 atom stereocenters. The van der Waals surface area contributed by atoms with Crippen molar-refractivity contribution in [3.63, 3.8) is 0 Å². The van der Waals surface area contributed by atoms with Crippen LogP contribution in [0, 0.1) is 6.92 Å². The zero-order chi connectivity index (χ0) is 15.6. The van der Waals surface area contributed by atoms with Crippen molar-refractivity contribution in [3.05, 3.63) is 29.3 Å². The quantitative estimate of drug-likeness (QED) is 0.796. The third-order valence-electron chi connectivity index (χ3n) is 3.95. The summed E-state index contributed by atoms with van der Waals surface area (Å²) < 4.78 is 23.0. The van der Waals surface area contributed by atoms with E-state index in [2.05, 4.69) is 0 Å². The summed E-state index contributed by atoms with van der Waals surface area (Å²) in [6.07, 6.45) is 4.32. The first-order chi connectivity index (χ1) is 9.82. The van der Waals surface area contributed by atoms with Crippen LogP contribution in [-0.2, 0) is 9.05 Å². The summed E-state index contributed by atoms with van der Waals surface area (Å²) in [5, 5.41) is 0. The largest absolute Gasteiger partial charge is 0.336 e. The summed E-state index contributed by atoms with van der Waals surface area (Å²) in [6, 6.07) is 4.82. The van der Waals surface area contributed by atoms with Crippen molar-refractivity contribution in [1.29, 1.82) is 0 Å². The van der Waals surface area contributed by atoms with Crippen LogP contribution < -0.4 is 0 Å². The van der Waals surface area contributed by atoms with E-state index in [-0.39, 0.29) is 16.8 Å². The molecule has 0 saturated heterocycles. The van der Waals surface area contributed by atoms with Gasteiger partial charge >= 0.3 is 0 Å². The molecule has 1 aromatic carbocycles. The summed E-state index contributed by atoms with van der Waals surface area (Å²) in [6.45, 7) is 4.33. The maximum atomic E-state index is 12.7. The van der Waals surface area contributed by atoms with Gasteiger partial charge in [-0.15, -0.1) is 0 Å². The number of aryl methyl sites for hydroxylation is 1. The molecule has 0 aliphatic heterocycles. The monoisotopic (exact) mass is 329 g/mol. The molecule has 0 N–H and O–H groups in total. The number of halogens is 1. The lowest BCUT2D eigenvalue weighted by Crippen LogP contribution is -2.38. The Balaban J connectivity index is 2.35. The van der Waals surface area contributed by atoms with Gasteiger partial charge in [0.1, 0.15) is 0 Å². The molecule has 0 unspecified atom stereocenters. The van der Waals surface area contributed by atoms with Crippen LogP contribution in [0.2, 0.25) is 0 Å². The van der Waals surface area contributed by atoms with Gasteiger partial charge in [0.2, 0.25) is 0 Å². The highest BCUT2D eigenvalue weighted by Crippen LogP contribution is 2.26. The van der Waals surface area contributed by atoms with Gasteiger partial charge in [-0.25, -0.2) is 8.42 Å². The van der Waals surface area contributed by atoms with Crippen LogP contribution >= 0.6 is 10.7 Å². The van der Waals surface area contributed by atoms with Crippen LogP contribution in [0.4, 0.5) is 0 Å². The lowest BCUT2D eigenvalue weighted by atomic mass is 10.1. The SMILES string of the molecule is CCN(C(=O)c1cc(C)cc(S(=O)(=O)Cl)c1)C1CCCC1. The van der Waals surface area contributed by atoms with E-state index < -0.39 is 9.05 Å². The Bertz CT molecular complexity index is 636. The van der Waals surface area contributed by atoms with Crippen molar-refractivity contribution in [1.82, 2.24) is 4.90 Å².